The molecule has 0 unspecified atom stereocenters. The number of carbonyl (C=O) groups is 1. The van der Waals surface area contributed by atoms with Gasteiger partial charge in [-0.15, -0.1) is 0 Å². The molecular weight excluding hydrogens is 324 g/mol. The van der Waals surface area contributed by atoms with Gasteiger partial charge in [0.05, 0.1) is 0 Å². The number of carbonyl (C=O) groups excluding carboxylic acids is 1. The van der Waals surface area contributed by atoms with Crippen molar-refractivity contribution in [2.45, 2.75) is 0 Å². The molecule has 0 aliphatic carbocycles. The van der Waals surface area contributed by atoms with E-state index >= 15 is 0 Å². The molecule has 0 amide bonds. The molecule has 4 aromatic carbocycles. The van der Waals surface area contributed by atoms with Crippen LogP contribution in [0.5, 0.6) is 17.2 Å². The number of fused-ring (bicyclic) bond motifs is 1. The van der Waals surface area contributed by atoms with E-state index in [0.29, 0.717) is 11.1 Å². The summed E-state index contributed by atoms with van der Waals surface area (Å²) in [6.07, 6.45) is 0. The second kappa shape index (κ2) is 6.73. The van der Waals surface area contributed by atoms with Crippen molar-refractivity contribution in [2.24, 2.45) is 0 Å². The summed E-state index contributed by atoms with van der Waals surface area (Å²) in [5.74, 6) is 1.55. The van der Waals surface area contributed by atoms with E-state index in [1.54, 1.807) is 12.1 Å². The first kappa shape index (κ1) is 15.9. The van der Waals surface area contributed by atoms with Crippen molar-refractivity contribution in [1.29, 1.82) is 0 Å². The van der Waals surface area contributed by atoms with Crippen LogP contribution in [0.25, 0.3) is 10.8 Å². The van der Waals surface area contributed by atoms with Crippen LogP contribution in [0.4, 0.5) is 0 Å². The Morgan fingerprint density at radius 2 is 1.35 bits per heavy atom. The third-order valence-corrected chi connectivity index (χ3v) is 4.18. The Morgan fingerprint density at radius 1 is 0.654 bits per heavy atom. The van der Waals surface area contributed by atoms with Crippen molar-refractivity contribution >= 4 is 16.6 Å². The average Bonchev–Trinajstić information content (AvgIpc) is 2.68. The van der Waals surface area contributed by atoms with Gasteiger partial charge in [-0.25, -0.2) is 0 Å². The number of hydrogen-bond acceptors (Lipinski definition) is 3. The van der Waals surface area contributed by atoms with Crippen LogP contribution < -0.4 is 4.74 Å². The van der Waals surface area contributed by atoms with Crippen LogP contribution in [-0.4, -0.2) is 10.9 Å². The molecule has 4 rings (SSSR count). The molecule has 3 heteroatoms. The normalized spacial score (nSPS) is 10.6. The Morgan fingerprint density at radius 3 is 2.12 bits per heavy atom. The molecule has 0 fully saturated rings. The lowest BCUT2D eigenvalue weighted by Crippen LogP contribution is -2.00. The zero-order chi connectivity index (χ0) is 17.9. The van der Waals surface area contributed by atoms with E-state index in [0.717, 1.165) is 22.3 Å². The zero-order valence-corrected chi connectivity index (χ0v) is 13.9. The fourth-order valence-corrected chi connectivity index (χ4v) is 2.83. The molecule has 0 aliphatic heterocycles. The number of phenolic OH excluding ortho intramolecular Hbond substituents is 1. The molecule has 0 saturated carbocycles. The molecule has 0 heterocycles. The lowest BCUT2D eigenvalue weighted by atomic mass is 10.00. The minimum Gasteiger partial charge on any atom is -0.508 e. The fourth-order valence-electron chi connectivity index (χ4n) is 2.83. The predicted octanol–water partition coefficient (Wildman–Crippen LogP) is 5.57. The van der Waals surface area contributed by atoms with E-state index in [-0.39, 0.29) is 11.5 Å². The number of aromatic hydroxyl groups is 1. The molecule has 3 nitrogen and oxygen atoms in total. The van der Waals surface area contributed by atoms with E-state index in [1.165, 1.54) is 12.1 Å². The molecule has 1 N–H and O–H groups in total. The molecule has 0 atom stereocenters. The second-order valence-electron chi connectivity index (χ2n) is 6.01. The molecule has 126 valence electrons. The highest BCUT2D eigenvalue weighted by atomic mass is 16.5. The Labute approximate surface area is 151 Å². The summed E-state index contributed by atoms with van der Waals surface area (Å²) in [7, 11) is 0. The maximum absolute atomic E-state index is 12.7. The summed E-state index contributed by atoms with van der Waals surface area (Å²) >= 11 is 0. The molecule has 0 radical (unpaired) electrons. The molecule has 0 aromatic heterocycles. The minimum absolute atomic E-state index is 0.0821. The Balaban J connectivity index is 1.67. The Bertz CT molecular complexity index is 1070. The Kier molecular flexibility index (Phi) is 4.12. The van der Waals surface area contributed by atoms with Crippen molar-refractivity contribution in [1.82, 2.24) is 0 Å². The van der Waals surface area contributed by atoms with Gasteiger partial charge in [-0.1, -0.05) is 36.4 Å². The van der Waals surface area contributed by atoms with Gasteiger partial charge < -0.3 is 9.84 Å². The van der Waals surface area contributed by atoms with E-state index in [9.17, 15) is 9.90 Å². The maximum Gasteiger partial charge on any atom is 0.193 e. The molecular formula is C23H16O3. The van der Waals surface area contributed by atoms with E-state index in [4.69, 9.17) is 4.74 Å². The lowest BCUT2D eigenvalue weighted by Gasteiger charge is -2.08. The van der Waals surface area contributed by atoms with E-state index in [1.807, 2.05) is 66.7 Å². The van der Waals surface area contributed by atoms with E-state index < -0.39 is 0 Å². The van der Waals surface area contributed by atoms with Gasteiger partial charge in [-0.2, -0.15) is 0 Å². The van der Waals surface area contributed by atoms with Crippen molar-refractivity contribution in [3.8, 4) is 17.2 Å². The first-order valence-corrected chi connectivity index (χ1v) is 8.29. The number of benzene rings is 4. The summed E-state index contributed by atoms with van der Waals surface area (Å²) in [6, 6.07) is 27.3. The second-order valence-corrected chi connectivity index (χ2v) is 6.01. The highest BCUT2D eigenvalue weighted by Gasteiger charge is 2.10. The first-order valence-electron chi connectivity index (χ1n) is 8.29. The number of phenols is 1. The van der Waals surface area contributed by atoms with Gasteiger partial charge in [0.1, 0.15) is 17.2 Å². The summed E-state index contributed by atoms with van der Waals surface area (Å²) in [5, 5.41) is 11.3. The molecule has 0 spiro atoms. The summed E-state index contributed by atoms with van der Waals surface area (Å²) < 4.78 is 5.87. The van der Waals surface area contributed by atoms with Crippen molar-refractivity contribution in [3.63, 3.8) is 0 Å². The van der Waals surface area contributed by atoms with Gasteiger partial charge in [0.15, 0.2) is 5.78 Å². The molecule has 0 aliphatic rings. The maximum atomic E-state index is 12.7. The average molecular weight is 340 g/mol. The van der Waals surface area contributed by atoms with Gasteiger partial charge in [0.25, 0.3) is 0 Å². The van der Waals surface area contributed by atoms with Gasteiger partial charge in [-0.3, -0.25) is 4.79 Å². The highest BCUT2D eigenvalue weighted by Crippen LogP contribution is 2.27. The summed E-state index contributed by atoms with van der Waals surface area (Å²) in [4.78, 5) is 12.7. The standard InChI is InChI=1S/C23H16O3/c24-20-11-8-17(9-12-20)23(25)18-7-6-16-10-13-22(15-19(16)14-18)26-21-4-2-1-3-5-21/h1-15,24H. The Hall–Kier alpha value is -3.59. The number of ether oxygens (including phenoxy) is 1. The van der Waals surface area contributed by atoms with Crippen LogP contribution in [0.15, 0.2) is 91.0 Å². The van der Waals surface area contributed by atoms with Crippen LogP contribution in [0.2, 0.25) is 0 Å². The quantitative estimate of drug-likeness (QED) is 0.494. The van der Waals surface area contributed by atoms with Gasteiger partial charge in [0.2, 0.25) is 0 Å². The van der Waals surface area contributed by atoms with Crippen molar-refractivity contribution in [2.75, 3.05) is 0 Å². The number of ketones is 1. The van der Waals surface area contributed by atoms with E-state index in [2.05, 4.69) is 0 Å². The summed E-state index contributed by atoms with van der Waals surface area (Å²) in [6.45, 7) is 0. The zero-order valence-electron chi connectivity index (χ0n) is 13.9. The van der Waals surface area contributed by atoms with Gasteiger partial charge in [0, 0.05) is 11.1 Å². The van der Waals surface area contributed by atoms with Crippen LogP contribution in [0.3, 0.4) is 0 Å². The number of hydrogen-bond donors (Lipinski definition) is 1. The van der Waals surface area contributed by atoms with Crippen LogP contribution >= 0.6 is 0 Å². The van der Waals surface area contributed by atoms with Gasteiger partial charge in [-0.05, 0) is 65.4 Å². The van der Waals surface area contributed by atoms with Crippen LogP contribution in [0, 0.1) is 0 Å². The number of para-hydroxylation sites is 1. The topological polar surface area (TPSA) is 46.5 Å². The third kappa shape index (κ3) is 3.28. The van der Waals surface area contributed by atoms with Crippen molar-refractivity contribution in [3.05, 3.63) is 102 Å². The summed E-state index contributed by atoms with van der Waals surface area (Å²) in [5.41, 5.74) is 1.14. The van der Waals surface area contributed by atoms with Gasteiger partial charge >= 0.3 is 0 Å². The van der Waals surface area contributed by atoms with Crippen molar-refractivity contribution < 1.29 is 14.6 Å². The predicted molar refractivity (Wildman–Crippen MR) is 102 cm³/mol. The number of rotatable bonds is 4. The van der Waals surface area contributed by atoms with Crippen LogP contribution in [-0.2, 0) is 0 Å². The minimum atomic E-state index is -0.0821. The third-order valence-electron chi connectivity index (χ3n) is 4.18. The molecule has 4 aromatic rings. The molecule has 0 saturated heterocycles. The molecule has 26 heavy (non-hydrogen) atoms. The largest absolute Gasteiger partial charge is 0.508 e. The van der Waals surface area contributed by atoms with Crippen LogP contribution in [0.1, 0.15) is 15.9 Å². The monoisotopic (exact) mass is 340 g/mol. The lowest BCUT2D eigenvalue weighted by molar-refractivity contribution is 0.103. The highest BCUT2D eigenvalue weighted by molar-refractivity contribution is 6.10. The first-order chi connectivity index (χ1) is 12.7. The fraction of sp³-hybridized carbons (Fsp3) is 0. The smallest absolute Gasteiger partial charge is 0.193 e. The SMILES string of the molecule is O=C(c1ccc(O)cc1)c1ccc2ccc(Oc3ccccc3)cc2c1. The molecule has 0 bridgehead atoms.